The first-order valence-electron chi connectivity index (χ1n) is 8.48. The van der Waals surface area contributed by atoms with Gasteiger partial charge in [-0.1, -0.05) is 17.2 Å². The molecule has 5 nitrogen and oxygen atoms in total. The summed E-state index contributed by atoms with van der Waals surface area (Å²) in [7, 11) is 1.88. The van der Waals surface area contributed by atoms with E-state index in [2.05, 4.69) is 11.1 Å². The molecule has 0 spiro atoms. The van der Waals surface area contributed by atoms with Crippen LogP contribution >= 0.6 is 0 Å². The van der Waals surface area contributed by atoms with E-state index in [1.165, 1.54) is 0 Å². The van der Waals surface area contributed by atoms with Crippen molar-refractivity contribution in [2.75, 3.05) is 13.1 Å². The molecule has 2 atom stereocenters. The summed E-state index contributed by atoms with van der Waals surface area (Å²) < 4.78 is 1.84. The minimum absolute atomic E-state index is 0.0229. The number of carbonyl (C=O) groups excluding carboxylic acids is 1. The second-order valence-electron chi connectivity index (χ2n) is 6.87. The number of hydrogen-bond donors (Lipinski definition) is 1. The number of likely N-dealkylation sites (tertiary alicyclic amines) is 1. The Kier molecular flexibility index (Phi) is 4.71. The van der Waals surface area contributed by atoms with E-state index in [0.717, 1.165) is 36.1 Å². The number of aliphatic hydroxyl groups is 1. The van der Waals surface area contributed by atoms with Crippen molar-refractivity contribution < 1.29 is 9.90 Å². The van der Waals surface area contributed by atoms with Crippen molar-refractivity contribution in [2.45, 2.75) is 32.8 Å². The maximum Gasteiger partial charge on any atom is 0.253 e. The molecule has 1 saturated heterocycles. The van der Waals surface area contributed by atoms with Crippen LogP contribution in [0, 0.1) is 19.8 Å². The Morgan fingerprint density at radius 2 is 2.00 bits per heavy atom. The average Bonchev–Trinajstić information content (AvgIpc) is 2.98. The number of benzene rings is 1. The van der Waals surface area contributed by atoms with E-state index in [0.29, 0.717) is 12.4 Å². The highest BCUT2D eigenvalue weighted by Gasteiger charge is 2.31. The minimum Gasteiger partial charge on any atom is -0.385 e. The molecule has 1 aliphatic heterocycles. The van der Waals surface area contributed by atoms with Gasteiger partial charge in [0.1, 0.15) is 11.9 Å². The smallest absolute Gasteiger partial charge is 0.253 e. The number of imidazole rings is 1. The molecule has 2 heterocycles. The van der Waals surface area contributed by atoms with E-state index in [1.807, 2.05) is 48.7 Å². The summed E-state index contributed by atoms with van der Waals surface area (Å²) in [5.74, 6) is 0.744. The van der Waals surface area contributed by atoms with Gasteiger partial charge in [-0.05, 0) is 38.8 Å². The predicted molar refractivity (Wildman–Crippen MR) is 92.7 cm³/mol. The zero-order valence-electron chi connectivity index (χ0n) is 14.6. The monoisotopic (exact) mass is 327 g/mol. The van der Waals surface area contributed by atoms with E-state index in [4.69, 9.17) is 0 Å². The summed E-state index contributed by atoms with van der Waals surface area (Å²) in [6.07, 6.45) is 4.70. The molecule has 3 rings (SSSR count). The Morgan fingerprint density at radius 3 is 2.62 bits per heavy atom. The molecule has 0 aliphatic carbocycles. The van der Waals surface area contributed by atoms with Gasteiger partial charge in [0.15, 0.2) is 0 Å². The summed E-state index contributed by atoms with van der Waals surface area (Å²) in [5, 5.41) is 10.7. The number of nitrogens with zero attached hydrogens (tertiary/aromatic N) is 3. The van der Waals surface area contributed by atoms with Crippen LogP contribution in [0.15, 0.2) is 30.6 Å². The highest BCUT2D eigenvalue weighted by Crippen LogP contribution is 2.29. The summed E-state index contributed by atoms with van der Waals surface area (Å²) in [6.45, 7) is 5.33. The van der Waals surface area contributed by atoms with Crippen LogP contribution < -0.4 is 0 Å². The Bertz CT molecular complexity index is 718. The predicted octanol–water partition coefficient (Wildman–Crippen LogP) is 2.62. The van der Waals surface area contributed by atoms with Crippen LogP contribution in [0.1, 0.15) is 46.3 Å². The molecule has 2 aromatic rings. The zero-order valence-corrected chi connectivity index (χ0v) is 14.6. The van der Waals surface area contributed by atoms with Gasteiger partial charge in [-0.15, -0.1) is 0 Å². The fraction of sp³-hybridized carbons (Fsp3) is 0.474. The second-order valence-corrected chi connectivity index (χ2v) is 6.87. The van der Waals surface area contributed by atoms with Gasteiger partial charge in [0.2, 0.25) is 0 Å². The van der Waals surface area contributed by atoms with E-state index < -0.39 is 6.10 Å². The fourth-order valence-corrected chi connectivity index (χ4v) is 3.61. The van der Waals surface area contributed by atoms with Crippen molar-refractivity contribution in [3.05, 3.63) is 53.1 Å². The standard InChI is InChI=1S/C19H25N3O2/c1-13-9-14(2)11-16(10-13)19(24)22-7-4-5-15(12-22)17(23)18-20-6-8-21(18)3/h6,8-11,15,17,23H,4-5,7,12H2,1-3H3. The molecule has 0 radical (unpaired) electrons. The van der Waals surface area contributed by atoms with Gasteiger partial charge in [0, 0.05) is 44.0 Å². The number of rotatable bonds is 3. The zero-order chi connectivity index (χ0) is 17.3. The Labute approximate surface area is 142 Å². The SMILES string of the molecule is Cc1cc(C)cc(C(=O)N2CCCC(C(O)c3nccn3C)C2)c1. The number of amides is 1. The lowest BCUT2D eigenvalue weighted by molar-refractivity contribution is 0.0358. The first-order chi connectivity index (χ1) is 11.5. The van der Waals surface area contributed by atoms with Crippen LogP contribution in [-0.2, 0) is 7.05 Å². The van der Waals surface area contributed by atoms with Crippen molar-refractivity contribution in [2.24, 2.45) is 13.0 Å². The topological polar surface area (TPSA) is 58.4 Å². The molecule has 2 unspecified atom stereocenters. The third-order valence-electron chi connectivity index (χ3n) is 4.78. The molecule has 1 aromatic heterocycles. The van der Waals surface area contributed by atoms with E-state index in [-0.39, 0.29) is 11.8 Å². The average molecular weight is 327 g/mol. The van der Waals surface area contributed by atoms with Gasteiger partial charge in [0.05, 0.1) is 0 Å². The van der Waals surface area contributed by atoms with Gasteiger partial charge in [0.25, 0.3) is 5.91 Å². The van der Waals surface area contributed by atoms with Crippen LogP contribution in [0.5, 0.6) is 0 Å². The van der Waals surface area contributed by atoms with Gasteiger partial charge >= 0.3 is 0 Å². The first kappa shape index (κ1) is 16.7. The molecule has 1 amide bonds. The highest BCUT2D eigenvalue weighted by molar-refractivity contribution is 5.94. The fourth-order valence-electron chi connectivity index (χ4n) is 3.61. The maximum absolute atomic E-state index is 12.8. The highest BCUT2D eigenvalue weighted by atomic mass is 16.3. The van der Waals surface area contributed by atoms with E-state index in [1.54, 1.807) is 6.20 Å². The summed E-state index contributed by atoms with van der Waals surface area (Å²) >= 11 is 0. The molecule has 1 aromatic carbocycles. The molecule has 24 heavy (non-hydrogen) atoms. The normalized spacial score (nSPS) is 19.3. The summed E-state index contributed by atoms with van der Waals surface area (Å²) in [4.78, 5) is 19.0. The Balaban J connectivity index is 1.75. The number of carbonyl (C=O) groups is 1. The molecular weight excluding hydrogens is 302 g/mol. The lowest BCUT2D eigenvalue weighted by atomic mass is 9.91. The van der Waals surface area contributed by atoms with E-state index in [9.17, 15) is 9.90 Å². The lowest BCUT2D eigenvalue weighted by Crippen LogP contribution is -2.42. The van der Waals surface area contributed by atoms with Crippen molar-refractivity contribution in [3.63, 3.8) is 0 Å². The molecule has 128 valence electrons. The number of aliphatic hydroxyl groups excluding tert-OH is 1. The van der Waals surface area contributed by atoms with Gasteiger partial charge in [-0.2, -0.15) is 0 Å². The Hall–Kier alpha value is -2.14. The Morgan fingerprint density at radius 1 is 1.29 bits per heavy atom. The van der Waals surface area contributed by atoms with Crippen molar-refractivity contribution in [1.82, 2.24) is 14.5 Å². The van der Waals surface area contributed by atoms with Crippen LogP contribution in [0.4, 0.5) is 0 Å². The van der Waals surface area contributed by atoms with Crippen molar-refractivity contribution in [1.29, 1.82) is 0 Å². The second kappa shape index (κ2) is 6.77. The third kappa shape index (κ3) is 3.36. The van der Waals surface area contributed by atoms with Crippen molar-refractivity contribution in [3.8, 4) is 0 Å². The minimum atomic E-state index is -0.639. The summed E-state index contributed by atoms with van der Waals surface area (Å²) in [6, 6.07) is 5.95. The largest absolute Gasteiger partial charge is 0.385 e. The van der Waals surface area contributed by atoms with E-state index >= 15 is 0 Å². The lowest BCUT2D eigenvalue weighted by Gasteiger charge is -2.35. The molecule has 1 aliphatic rings. The number of hydrogen-bond acceptors (Lipinski definition) is 3. The number of piperidine rings is 1. The molecule has 0 saturated carbocycles. The molecule has 5 heteroatoms. The number of aromatic nitrogens is 2. The van der Waals surface area contributed by atoms with Crippen molar-refractivity contribution >= 4 is 5.91 Å². The molecule has 1 fully saturated rings. The summed E-state index contributed by atoms with van der Waals surface area (Å²) in [5.41, 5.74) is 2.93. The first-order valence-corrected chi connectivity index (χ1v) is 8.48. The van der Waals surface area contributed by atoms with Gasteiger partial charge < -0.3 is 14.6 Å². The van der Waals surface area contributed by atoms with Crippen LogP contribution in [0.3, 0.4) is 0 Å². The van der Waals surface area contributed by atoms with Gasteiger partial charge in [-0.25, -0.2) is 4.98 Å². The number of aryl methyl sites for hydroxylation is 3. The molecular formula is C19H25N3O2. The van der Waals surface area contributed by atoms with Crippen LogP contribution in [0.2, 0.25) is 0 Å². The van der Waals surface area contributed by atoms with Gasteiger partial charge in [-0.3, -0.25) is 4.79 Å². The van der Waals surface area contributed by atoms with Crippen LogP contribution in [-0.4, -0.2) is 38.6 Å². The maximum atomic E-state index is 12.8. The molecule has 0 bridgehead atoms. The molecule has 1 N–H and O–H groups in total. The quantitative estimate of drug-likeness (QED) is 0.943. The van der Waals surface area contributed by atoms with Crippen LogP contribution in [0.25, 0.3) is 0 Å². The third-order valence-corrected chi connectivity index (χ3v) is 4.78.